The smallest absolute Gasteiger partial charge is 0.244 e. The van der Waals surface area contributed by atoms with E-state index in [0.717, 1.165) is 4.31 Å². The van der Waals surface area contributed by atoms with Crippen LogP contribution in [-0.4, -0.2) is 39.5 Å². The average molecular weight is 327 g/mol. The fourth-order valence-corrected chi connectivity index (χ4v) is 3.26. The average Bonchev–Trinajstić information content (AvgIpc) is 2.35. The minimum atomic E-state index is -3.71. The molecule has 0 aromatic heterocycles. The monoisotopic (exact) mass is 326 g/mol. The molecule has 0 aliphatic carbocycles. The van der Waals surface area contributed by atoms with E-state index >= 15 is 0 Å². The van der Waals surface area contributed by atoms with Crippen LogP contribution in [-0.2, 0) is 14.8 Å². The van der Waals surface area contributed by atoms with Crippen LogP contribution in [0, 0.1) is 0 Å². The number of rotatable bonds is 6. The van der Waals surface area contributed by atoms with Gasteiger partial charge < -0.3 is 10.5 Å². The molecule has 0 saturated heterocycles. The lowest BCUT2D eigenvalue weighted by Crippen LogP contribution is -2.30. The van der Waals surface area contributed by atoms with E-state index in [1.165, 1.54) is 19.2 Å². The van der Waals surface area contributed by atoms with E-state index in [4.69, 9.17) is 33.7 Å². The van der Waals surface area contributed by atoms with Gasteiger partial charge in [0, 0.05) is 20.2 Å². The van der Waals surface area contributed by atoms with Gasteiger partial charge in [0.25, 0.3) is 0 Å². The molecule has 1 rings (SSSR count). The number of nitrogens with two attached hydrogens (primary N) is 1. The summed E-state index contributed by atoms with van der Waals surface area (Å²) in [7, 11) is -2.25. The molecule has 1 aromatic carbocycles. The molecule has 1 aromatic rings. The van der Waals surface area contributed by atoms with E-state index < -0.39 is 10.0 Å². The topological polar surface area (TPSA) is 72.6 Å². The maximum Gasteiger partial charge on any atom is 0.244 e. The van der Waals surface area contributed by atoms with Crippen molar-refractivity contribution in [1.82, 2.24) is 4.31 Å². The van der Waals surface area contributed by atoms with Crippen molar-refractivity contribution in [2.24, 2.45) is 0 Å². The van der Waals surface area contributed by atoms with Crippen LogP contribution in [0.3, 0.4) is 0 Å². The van der Waals surface area contributed by atoms with Crippen molar-refractivity contribution < 1.29 is 13.2 Å². The van der Waals surface area contributed by atoms with Gasteiger partial charge in [0.2, 0.25) is 10.0 Å². The van der Waals surface area contributed by atoms with Gasteiger partial charge in [0.1, 0.15) is 4.90 Å². The standard InChI is InChI=1S/C11H16Cl2N2O3S/c1-3-18-7-6-15(2)19(16,17)9-5-4-8(12)11(14)10(9)13/h4-5H,3,6-7,14H2,1-2H3. The molecule has 0 fully saturated rings. The Kier molecular flexibility index (Phi) is 5.88. The highest BCUT2D eigenvalue weighted by molar-refractivity contribution is 7.89. The number of hydrogen-bond acceptors (Lipinski definition) is 4. The molecule has 0 unspecified atom stereocenters. The quantitative estimate of drug-likeness (QED) is 0.642. The van der Waals surface area contributed by atoms with E-state index in [-0.39, 0.29) is 27.2 Å². The third kappa shape index (κ3) is 3.73. The summed E-state index contributed by atoms with van der Waals surface area (Å²) in [6.45, 7) is 2.91. The largest absolute Gasteiger partial charge is 0.396 e. The predicted molar refractivity (Wildman–Crippen MR) is 77.2 cm³/mol. The summed E-state index contributed by atoms with van der Waals surface area (Å²) in [5, 5.41) is 0.164. The van der Waals surface area contributed by atoms with Crippen molar-refractivity contribution in [2.45, 2.75) is 11.8 Å². The first kappa shape index (κ1) is 16.5. The first-order valence-electron chi connectivity index (χ1n) is 5.60. The summed E-state index contributed by atoms with van der Waals surface area (Å²) in [6.07, 6.45) is 0. The van der Waals surface area contributed by atoms with Crippen LogP contribution in [0.15, 0.2) is 17.0 Å². The van der Waals surface area contributed by atoms with Gasteiger partial charge in [0.15, 0.2) is 0 Å². The van der Waals surface area contributed by atoms with Crippen LogP contribution in [0.25, 0.3) is 0 Å². The second-order valence-corrected chi connectivity index (χ2v) is 6.60. The van der Waals surface area contributed by atoms with Crippen LogP contribution in [0.5, 0.6) is 0 Å². The number of anilines is 1. The molecule has 0 saturated carbocycles. The molecular formula is C11H16Cl2N2O3S. The Morgan fingerprint density at radius 3 is 2.58 bits per heavy atom. The number of benzene rings is 1. The van der Waals surface area contributed by atoms with E-state index in [1.54, 1.807) is 0 Å². The van der Waals surface area contributed by atoms with Gasteiger partial charge in [-0.15, -0.1) is 0 Å². The highest BCUT2D eigenvalue weighted by Gasteiger charge is 2.25. The molecule has 0 aliphatic rings. The zero-order valence-electron chi connectivity index (χ0n) is 10.7. The first-order chi connectivity index (χ1) is 8.82. The summed E-state index contributed by atoms with van der Waals surface area (Å²) < 4.78 is 30.9. The number of ether oxygens (including phenoxy) is 1. The third-order valence-electron chi connectivity index (χ3n) is 2.53. The third-order valence-corrected chi connectivity index (χ3v) is 5.28. The Morgan fingerprint density at radius 1 is 1.37 bits per heavy atom. The molecule has 108 valence electrons. The Balaban J connectivity index is 3.04. The van der Waals surface area contributed by atoms with Gasteiger partial charge in [-0.2, -0.15) is 4.31 Å². The Morgan fingerprint density at radius 2 is 2.00 bits per heavy atom. The van der Waals surface area contributed by atoms with Gasteiger partial charge in [-0.1, -0.05) is 23.2 Å². The van der Waals surface area contributed by atoms with Crippen molar-refractivity contribution in [2.75, 3.05) is 32.5 Å². The van der Waals surface area contributed by atoms with Gasteiger partial charge in [-0.3, -0.25) is 0 Å². The van der Waals surface area contributed by atoms with Crippen molar-refractivity contribution >= 4 is 38.9 Å². The molecule has 0 spiro atoms. The molecule has 0 atom stereocenters. The van der Waals surface area contributed by atoms with E-state index in [0.29, 0.717) is 13.2 Å². The number of nitrogens with zero attached hydrogens (tertiary/aromatic N) is 1. The zero-order valence-corrected chi connectivity index (χ0v) is 13.0. The molecule has 5 nitrogen and oxygen atoms in total. The molecule has 0 aliphatic heterocycles. The maximum absolute atomic E-state index is 12.3. The van der Waals surface area contributed by atoms with Crippen molar-refractivity contribution in [3.63, 3.8) is 0 Å². The lowest BCUT2D eigenvalue weighted by molar-refractivity contribution is 0.138. The fraction of sp³-hybridized carbons (Fsp3) is 0.455. The zero-order chi connectivity index (χ0) is 14.6. The van der Waals surface area contributed by atoms with Crippen molar-refractivity contribution in [3.05, 3.63) is 22.2 Å². The number of nitrogen functional groups attached to an aromatic ring is 1. The Hall–Kier alpha value is -0.530. The second-order valence-electron chi connectivity index (χ2n) is 3.80. The minimum Gasteiger partial charge on any atom is -0.396 e. The fourth-order valence-electron chi connectivity index (χ4n) is 1.37. The number of hydrogen-bond donors (Lipinski definition) is 1. The summed E-state index contributed by atoms with van der Waals surface area (Å²) in [5.41, 5.74) is 5.69. The van der Waals surface area contributed by atoms with Gasteiger partial charge >= 0.3 is 0 Å². The van der Waals surface area contributed by atoms with Gasteiger partial charge in [-0.25, -0.2) is 8.42 Å². The van der Waals surface area contributed by atoms with E-state index in [1.807, 2.05) is 6.92 Å². The molecule has 0 radical (unpaired) electrons. The molecule has 0 amide bonds. The van der Waals surface area contributed by atoms with Gasteiger partial charge in [0.05, 0.1) is 22.3 Å². The van der Waals surface area contributed by atoms with Crippen LogP contribution >= 0.6 is 23.2 Å². The lowest BCUT2D eigenvalue weighted by Gasteiger charge is -2.18. The van der Waals surface area contributed by atoms with Crippen molar-refractivity contribution in [1.29, 1.82) is 0 Å². The second kappa shape index (κ2) is 6.76. The van der Waals surface area contributed by atoms with Crippen LogP contribution < -0.4 is 5.73 Å². The van der Waals surface area contributed by atoms with Crippen molar-refractivity contribution in [3.8, 4) is 0 Å². The molecule has 0 bridgehead atoms. The van der Waals surface area contributed by atoms with E-state index in [2.05, 4.69) is 0 Å². The maximum atomic E-state index is 12.3. The van der Waals surface area contributed by atoms with Crippen LogP contribution in [0.2, 0.25) is 10.0 Å². The molecule has 8 heteroatoms. The SMILES string of the molecule is CCOCCN(C)S(=O)(=O)c1ccc(Cl)c(N)c1Cl. The minimum absolute atomic E-state index is 0.0580. The molecule has 19 heavy (non-hydrogen) atoms. The number of halogens is 2. The Bertz CT molecular complexity index is 549. The summed E-state index contributed by atoms with van der Waals surface area (Å²) in [6, 6.07) is 2.75. The summed E-state index contributed by atoms with van der Waals surface area (Å²) >= 11 is 11.7. The van der Waals surface area contributed by atoms with Crippen LogP contribution in [0.4, 0.5) is 5.69 Å². The van der Waals surface area contributed by atoms with Crippen LogP contribution in [0.1, 0.15) is 6.92 Å². The van der Waals surface area contributed by atoms with Gasteiger partial charge in [-0.05, 0) is 19.1 Å². The highest BCUT2D eigenvalue weighted by Crippen LogP contribution is 2.34. The number of sulfonamides is 1. The lowest BCUT2D eigenvalue weighted by atomic mass is 10.3. The summed E-state index contributed by atoms with van der Waals surface area (Å²) in [5.74, 6) is 0. The first-order valence-corrected chi connectivity index (χ1v) is 7.79. The normalized spacial score (nSPS) is 12.1. The molecular weight excluding hydrogens is 311 g/mol. The molecule has 2 N–H and O–H groups in total. The highest BCUT2D eigenvalue weighted by atomic mass is 35.5. The summed E-state index contributed by atoms with van der Waals surface area (Å²) in [4.78, 5) is -0.0601. The Labute approximate surface area is 123 Å². The molecule has 0 heterocycles. The predicted octanol–water partition coefficient (Wildman–Crippen LogP) is 2.23. The number of likely N-dealkylation sites (N-methyl/N-ethyl adjacent to an activating group) is 1. The van der Waals surface area contributed by atoms with E-state index in [9.17, 15) is 8.42 Å².